The number of hydrogen-bond acceptors (Lipinski definition) is 4. The van der Waals surface area contributed by atoms with Crippen molar-refractivity contribution in [3.8, 4) is 5.75 Å². The number of nitrogens with zero attached hydrogens (tertiary/aromatic N) is 3. The van der Waals surface area contributed by atoms with Gasteiger partial charge in [-0.2, -0.15) is 0 Å². The summed E-state index contributed by atoms with van der Waals surface area (Å²) in [5, 5.41) is 11.8. The third-order valence-corrected chi connectivity index (χ3v) is 5.22. The lowest BCUT2D eigenvalue weighted by atomic mass is 10.0. The molecule has 4 heteroatoms. The molecule has 0 amide bonds. The van der Waals surface area contributed by atoms with Gasteiger partial charge in [0, 0.05) is 30.2 Å². The largest absolute Gasteiger partial charge is 0.505 e. The van der Waals surface area contributed by atoms with Crippen LogP contribution in [0.5, 0.6) is 5.75 Å². The van der Waals surface area contributed by atoms with E-state index in [-0.39, 0.29) is 0 Å². The highest BCUT2D eigenvalue weighted by Crippen LogP contribution is 2.32. The van der Waals surface area contributed by atoms with Crippen LogP contribution in [0.4, 0.5) is 0 Å². The Morgan fingerprint density at radius 2 is 1.52 bits per heavy atom. The van der Waals surface area contributed by atoms with Crippen molar-refractivity contribution in [3.05, 3.63) is 35.5 Å². The van der Waals surface area contributed by atoms with Crippen LogP contribution in [0.15, 0.2) is 24.4 Å². The van der Waals surface area contributed by atoms with E-state index in [1.165, 1.54) is 44.3 Å². The van der Waals surface area contributed by atoms with E-state index in [0.717, 1.165) is 42.6 Å². The van der Waals surface area contributed by atoms with Crippen LogP contribution in [0.3, 0.4) is 0 Å². The summed E-state index contributed by atoms with van der Waals surface area (Å²) in [6, 6.07) is 6.28. The number of hydrogen-bond donors (Lipinski definition) is 1. The summed E-state index contributed by atoms with van der Waals surface area (Å²) in [7, 11) is 0. The Labute approximate surface area is 137 Å². The Hall–Kier alpha value is -1.65. The van der Waals surface area contributed by atoms with Crippen LogP contribution >= 0.6 is 0 Å². The number of likely N-dealkylation sites (tertiary alicyclic amines) is 2. The van der Waals surface area contributed by atoms with Gasteiger partial charge in [-0.3, -0.25) is 14.8 Å². The van der Waals surface area contributed by atoms with Gasteiger partial charge >= 0.3 is 0 Å². The van der Waals surface area contributed by atoms with E-state index in [1.54, 1.807) is 6.20 Å². The second-order valence-electron chi connectivity index (χ2n) is 6.91. The van der Waals surface area contributed by atoms with Crippen LogP contribution in [0, 0.1) is 0 Å². The van der Waals surface area contributed by atoms with Crippen LogP contribution < -0.4 is 0 Å². The van der Waals surface area contributed by atoms with Gasteiger partial charge in [-0.05, 0) is 69.6 Å². The van der Waals surface area contributed by atoms with Gasteiger partial charge in [-0.25, -0.2) is 0 Å². The molecule has 2 aromatic rings. The Bertz CT molecular complexity index is 688. The Kier molecular flexibility index (Phi) is 4.19. The molecule has 1 aromatic heterocycles. The first-order valence-corrected chi connectivity index (χ1v) is 8.84. The molecule has 23 heavy (non-hydrogen) atoms. The molecule has 2 fully saturated rings. The molecule has 0 aliphatic carbocycles. The van der Waals surface area contributed by atoms with Gasteiger partial charge in [0.1, 0.15) is 11.3 Å². The topological polar surface area (TPSA) is 39.6 Å². The summed E-state index contributed by atoms with van der Waals surface area (Å²) in [6.45, 7) is 6.46. The molecule has 2 aliphatic heterocycles. The van der Waals surface area contributed by atoms with Crippen LogP contribution in [-0.4, -0.2) is 46.1 Å². The van der Waals surface area contributed by atoms with E-state index in [9.17, 15) is 5.11 Å². The number of aromatic nitrogens is 1. The highest BCUT2D eigenvalue weighted by molar-refractivity contribution is 5.88. The SMILES string of the molecule is Oc1c(CN2CCCC2)cc(CN2CCCC2)c2cccnc12. The molecular formula is C19H25N3O. The minimum absolute atomic E-state index is 0.373. The van der Waals surface area contributed by atoms with Crippen molar-refractivity contribution < 1.29 is 5.11 Å². The second-order valence-corrected chi connectivity index (χ2v) is 6.91. The number of fused-ring (bicyclic) bond motifs is 1. The van der Waals surface area contributed by atoms with Crippen molar-refractivity contribution in [2.75, 3.05) is 26.2 Å². The maximum absolute atomic E-state index is 10.7. The molecule has 2 aliphatic rings. The maximum atomic E-state index is 10.7. The normalized spacial score (nSPS) is 19.8. The van der Waals surface area contributed by atoms with Gasteiger partial charge in [0.2, 0.25) is 0 Å². The van der Waals surface area contributed by atoms with E-state index in [1.807, 2.05) is 6.07 Å². The quantitative estimate of drug-likeness (QED) is 0.941. The van der Waals surface area contributed by atoms with Gasteiger partial charge in [-0.15, -0.1) is 0 Å². The van der Waals surface area contributed by atoms with E-state index < -0.39 is 0 Å². The van der Waals surface area contributed by atoms with Crippen molar-refractivity contribution in [2.45, 2.75) is 38.8 Å². The van der Waals surface area contributed by atoms with E-state index in [2.05, 4.69) is 26.9 Å². The van der Waals surface area contributed by atoms with Crippen molar-refractivity contribution in [1.29, 1.82) is 0 Å². The first-order chi connectivity index (χ1) is 11.3. The van der Waals surface area contributed by atoms with Gasteiger partial charge in [-0.1, -0.05) is 6.07 Å². The second kappa shape index (κ2) is 6.46. The van der Waals surface area contributed by atoms with Crippen LogP contribution in [0.2, 0.25) is 0 Å². The summed E-state index contributed by atoms with van der Waals surface area (Å²) in [6.07, 6.45) is 6.92. The number of pyridine rings is 1. The first kappa shape index (κ1) is 14.9. The third-order valence-electron chi connectivity index (χ3n) is 5.22. The number of rotatable bonds is 4. The lowest BCUT2D eigenvalue weighted by Crippen LogP contribution is -2.20. The van der Waals surface area contributed by atoms with Gasteiger partial charge < -0.3 is 5.11 Å². The molecule has 122 valence electrons. The van der Waals surface area contributed by atoms with Crippen molar-refractivity contribution in [2.24, 2.45) is 0 Å². The molecule has 0 atom stereocenters. The molecule has 0 saturated carbocycles. The smallest absolute Gasteiger partial charge is 0.146 e. The molecular weight excluding hydrogens is 286 g/mol. The standard InChI is InChI=1S/C19H25N3O/c23-19-16(14-22-10-3-4-11-22)12-15(13-21-8-1-2-9-21)17-6-5-7-20-18(17)19/h5-7,12,23H,1-4,8-11,13-14H2. The number of phenols is 1. The number of benzene rings is 1. The molecule has 0 radical (unpaired) electrons. The highest BCUT2D eigenvalue weighted by atomic mass is 16.3. The summed E-state index contributed by atoms with van der Waals surface area (Å²) in [5.41, 5.74) is 3.10. The van der Waals surface area contributed by atoms with Crippen LogP contribution in [-0.2, 0) is 13.1 Å². The average molecular weight is 311 g/mol. The van der Waals surface area contributed by atoms with E-state index in [4.69, 9.17) is 0 Å². The Morgan fingerprint density at radius 1 is 0.913 bits per heavy atom. The van der Waals surface area contributed by atoms with Gasteiger partial charge in [0.05, 0.1) is 0 Å². The minimum atomic E-state index is 0.373. The molecule has 0 spiro atoms. The fourth-order valence-corrected chi connectivity index (χ4v) is 3.98. The maximum Gasteiger partial charge on any atom is 0.146 e. The zero-order valence-electron chi connectivity index (χ0n) is 13.7. The van der Waals surface area contributed by atoms with E-state index >= 15 is 0 Å². The molecule has 4 nitrogen and oxygen atoms in total. The zero-order chi connectivity index (χ0) is 15.6. The third kappa shape index (κ3) is 3.06. The molecule has 1 N–H and O–H groups in total. The molecule has 4 rings (SSSR count). The van der Waals surface area contributed by atoms with Gasteiger partial charge in [0.25, 0.3) is 0 Å². The summed E-state index contributed by atoms with van der Waals surface area (Å²) in [4.78, 5) is 9.41. The Morgan fingerprint density at radius 3 is 2.17 bits per heavy atom. The Balaban J connectivity index is 1.71. The van der Waals surface area contributed by atoms with Crippen molar-refractivity contribution in [3.63, 3.8) is 0 Å². The predicted octanol–water partition coefficient (Wildman–Crippen LogP) is 3.13. The predicted molar refractivity (Wildman–Crippen MR) is 92.4 cm³/mol. The molecule has 0 unspecified atom stereocenters. The molecule has 2 saturated heterocycles. The van der Waals surface area contributed by atoms with Crippen LogP contribution in [0.25, 0.3) is 10.9 Å². The first-order valence-electron chi connectivity index (χ1n) is 8.84. The summed E-state index contributed by atoms with van der Waals surface area (Å²) < 4.78 is 0. The summed E-state index contributed by atoms with van der Waals surface area (Å²) in [5.74, 6) is 0.373. The van der Waals surface area contributed by atoms with Crippen molar-refractivity contribution in [1.82, 2.24) is 14.8 Å². The number of phenolic OH excluding ortho intramolecular Hbond substituents is 1. The minimum Gasteiger partial charge on any atom is -0.505 e. The van der Waals surface area contributed by atoms with Crippen LogP contribution in [0.1, 0.15) is 36.8 Å². The monoisotopic (exact) mass is 311 g/mol. The lowest BCUT2D eigenvalue weighted by Gasteiger charge is -2.20. The molecule has 0 bridgehead atoms. The molecule has 1 aromatic carbocycles. The highest BCUT2D eigenvalue weighted by Gasteiger charge is 2.19. The fraction of sp³-hybridized carbons (Fsp3) is 0.526. The lowest BCUT2D eigenvalue weighted by molar-refractivity contribution is 0.321. The molecule has 3 heterocycles. The van der Waals surface area contributed by atoms with E-state index in [0.29, 0.717) is 5.75 Å². The average Bonchev–Trinajstić information content (AvgIpc) is 3.26. The van der Waals surface area contributed by atoms with Crippen molar-refractivity contribution >= 4 is 10.9 Å². The fourth-order valence-electron chi connectivity index (χ4n) is 3.98. The zero-order valence-corrected chi connectivity index (χ0v) is 13.7. The number of aromatic hydroxyl groups is 1. The summed E-state index contributed by atoms with van der Waals surface area (Å²) >= 11 is 0. The van der Waals surface area contributed by atoms with Gasteiger partial charge in [0.15, 0.2) is 0 Å².